The fourth-order valence-electron chi connectivity index (χ4n) is 2.37. The second-order valence-corrected chi connectivity index (χ2v) is 6.25. The summed E-state index contributed by atoms with van der Waals surface area (Å²) in [5, 5.41) is 14.3. The molecule has 0 saturated carbocycles. The predicted molar refractivity (Wildman–Crippen MR) is 89.0 cm³/mol. The molecule has 0 radical (unpaired) electrons. The summed E-state index contributed by atoms with van der Waals surface area (Å²) >= 11 is 11.9. The van der Waals surface area contributed by atoms with Crippen LogP contribution in [-0.4, -0.2) is 5.11 Å². The molecule has 4 heteroatoms. The molecule has 0 saturated heterocycles. The summed E-state index contributed by atoms with van der Waals surface area (Å²) in [6.45, 7) is 4.83. The molecule has 21 heavy (non-hydrogen) atoms. The molecule has 2 N–H and O–H groups in total. The van der Waals surface area contributed by atoms with E-state index in [9.17, 15) is 5.11 Å². The Morgan fingerprint density at radius 3 is 2.38 bits per heavy atom. The highest BCUT2D eigenvalue weighted by molar-refractivity contribution is 6.35. The van der Waals surface area contributed by atoms with Gasteiger partial charge in [0.2, 0.25) is 0 Å². The van der Waals surface area contributed by atoms with Crippen molar-refractivity contribution in [3.05, 3.63) is 63.6 Å². The van der Waals surface area contributed by atoms with Crippen LogP contribution in [0.5, 0.6) is 5.75 Å². The lowest BCUT2D eigenvalue weighted by molar-refractivity contribution is 0.402. The maximum Gasteiger partial charge on any atom is 0.138 e. The van der Waals surface area contributed by atoms with Gasteiger partial charge in [-0.15, -0.1) is 0 Å². The summed E-state index contributed by atoms with van der Waals surface area (Å²) in [4.78, 5) is 0. The van der Waals surface area contributed by atoms with Crippen LogP contribution in [0.2, 0.25) is 10.0 Å². The van der Waals surface area contributed by atoms with Crippen molar-refractivity contribution in [2.24, 2.45) is 5.92 Å². The Bertz CT molecular complexity index is 599. The molecular formula is C17H19Cl2NO. The van der Waals surface area contributed by atoms with Crippen LogP contribution in [-0.2, 0) is 6.54 Å². The summed E-state index contributed by atoms with van der Waals surface area (Å²) in [5.74, 6) is 0.508. The minimum atomic E-state index is 0.0872. The zero-order valence-electron chi connectivity index (χ0n) is 12.1. The lowest BCUT2D eigenvalue weighted by Crippen LogP contribution is -2.25. The Kier molecular flexibility index (Phi) is 5.51. The molecule has 0 aliphatic carbocycles. The highest BCUT2D eigenvalue weighted by Gasteiger charge is 2.16. The fraction of sp³-hybridized carbons (Fsp3) is 0.294. The number of phenolic OH excluding ortho intramolecular Hbond substituents is 1. The van der Waals surface area contributed by atoms with Crippen LogP contribution in [0.3, 0.4) is 0 Å². The van der Waals surface area contributed by atoms with Gasteiger partial charge in [-0.05, 0) is 23.6 Å². The van der Waals surface area contributed by atoms with Crippen LogP contribution in [0, 0.1) is 5.92 Å². The highest BCUT2D eigenvalue weighted by Crippen LogP contribution is 2.32. The molecule has 2 rings (SSSR count). The molecule has 0 aliphatic heterocycles. The number of nitrogens with one attached hydrogen (secondary N) is 1. The molecule has 0 amide bonds. The van der Waals surface area contributed by atoms with Crippen molar-refractivity contribution in [2.45, 2.75) is 26.4 Å². The largest absolute Gasteiger partial charge is 0.506 e. The Hall–Kier alpha value is -1.22. The number of benzene rings is 2. The molecule has 1 unspecified atom stereocenters. The van der Waals surface area contributed by atoms with E-state index in [2.05, 4.69) is 31.3 Å². The Labute approximate surface area is 135 Å². The average molecular weight is 324 g/mol. The third-order valence-electron chi connectivity index (χ3n) is 3.44. The second kappa shape index (κ2) is 7.17. The number of hydrogen-bond acceptors (Lipinski definition) is 2. The molecule has 112 valence electrons. The minimum absolute atomic E-state index is 0.0872. The van der Waals surface area contributed by atoms with Crippen LogP contribution in [0.15, 0.2) is 42.5 Å². The third kappa shape index (κ3) is 4.13. The van der Waals surface area contributed by atoms with E-state index in [-0.39, 0.29) is 16.8 Å². The zero-order valence-corrected chi connectivity index (χ0v) is 13.6. The van der Waals surface area contributed by atoms with Crippen molar-refractivity contribution in [3.8, 4) is 5.75 Å². The van der Waals surface area contributed by atoms with Gasteiger partial charge in [-0.3, -0.25) is 0 Å². The van der Waals surface area contributed by atoms with Crippen molar-refractivity contribution in [3.63, 3.8) is 0 Å². The first kappa shape index (κ1) is 16.2. The molecule has 2 aromatic rings. The maximum atomic E-state index is 10.0. The van der Waals surface area contributed by atoms with Crippen molar-refractivity contribution in [2.75, 3.05) is 0 Å². The molecule has 0 heterocycles. The lowest BCUT2D eigenvalue weighted by atomic mass is 9.96. The van der Waals surface area contributed by atoms with Gasteiger partial charge in [-0.2, -0.15) is 0 Å². The monoisotopic (exact) mass is 323 g/mol. The Morgan fingerprint density at radius 2 is 1.76 bits per heavy atom. The van der Waals surface area contributed by atoms with Gasteiger partial charge in [-0.25, -0.2) is 0 Å². The van der Waals surface area contributed by atoms with Gasteiger partial charge < -0.3 is 10.4 Å². The molecule has 2 aromatic carbocycles. The summed E-state index contributed by atoms with van der Waals surface area (Å²) in [5.41, 5.74) is 1.93. The topological polar surface area (TPSA) is 32.3 Å². The van der Waals surface area contributed by atoms with Crippen LogP contribution in [0.1, 0.15) is 31.0 Å². The van der Waals surface area contributed by atoms with E-state index >= 15 is 0 Å². The number of rotatable bonds is 5. The van der Waals surface area contributed by atoms with Crippen LogP contribution in [0.4, 0.5) is 0 Å². The van der Waals surface area contributed by atoms with Gasteiger partial charge in [0.05, 0.1) is 5.02 Å². The number of hydrogen-bond donors (Lipinski definition) is 2. The van der Waals surface area contributed by atoms with Crippen molar-refractivity contribution in [1.29, 1.82) is 0 Å². The van der Waals surface area contributed by atoms with E-state index in [1.807, 2.05) is 18.2 Å². The summed E-state index contributed by atoms with van der Waals surface area (Å²) < 4.78 is 0. The van der Waals surface area contributed by atoms with E-state index in [4.69, 9.17) is 23.2 Å². The fourth-order valence-corrected chi connectivity index (χ4v) is 2.91. The molecule has 0 aliphatic rings. The number of halogens is 2. The van der Waals surface area contributed by atoms with E-state index in [1.165, 1.54) is 5.56 Å². The molecule has 0 spiro atoms. The molecule has 2 nitrogen and oxygen atoms in total. The number of aromatic hydroxyl groups is 1. The predicted octanol–water partition coefficient (Wildman–Crippen LogP) is 5.19. The highest BCUT2D eigenvalue weighted by atomic mass is 35.5. The van der Waals surface area contributed by atoms with E-state index in [0.29, 0.717) is 23.0 Å². The van der Waals surface area contributed by atoms with Gasteiger partial charge in [0, 0.05) is 23.2 Å². The molecule has 0 fully saturated rings. The van der Waals surface area contributed by atoms with Gasteiger partial charge in [0.1, 0.15) is 5.75 Å². The first-order chi connectivity index (χ1) is 9.99. The lowest BCUT2D eigenvalue weighted by Gasteiger charge is -2.23. The first-order valence-electron chi connectivity index (χ1n) is 6.94. The Morgan fingerprint density at radius 1 is 1.10 bits per heavy atom. The smallest absolute Gasteiger partial charge is 0.138 e. The molecule has 1 atom stereocenters. The third-order valence-corrected chi connectivity index (χ3v) is 3.95. The molecule has 0 aromatic heterocycles. The van der Waals surface area contributed by atoms with E-state index < -0.39 is 0 Å². The molecular weight excluding hydrogens is 305 g/mol. The minimum Gasteiger partial charge on any atom is -0.506 e. The van der Waals surface area contributed by atoms with E-state index in [0.717, 1.165) is 0 Å². The van der Waals surface area contributed by atoms with Gasteiger partial charge in [0.25, 0.3) is 0 Å². The summed E-state index contributed by atoms with van der Waals surface area (Å²) in [6, 6.07) is 13.7. The van der Waals surface area contributed by atoms with Gasteiger partial charge in [0.15, 0.2) is 0 Å². The second-order valence-electron chi connectivity index (χ2n) is 5.41. The van der Waals surface area contributed by atoms with Crippen LogP contribution < -0.4 is 5.32 Å². The number of phenols is 1. The SMILES string of the molecule is CC(C)C(NCc1cc(Cl)cc(Cl)c1O)c1ccccc1. The van der Waals surface area contributed by atoms with Gasteiger partial charge >= 0.3 is 0 Å². The Balaban J connectivity index is 2.17. The standard InChI is InChI=1S/C17H19Cl2NO/c1-11(2)16(12-6-4-3-5-7-12)20-10-13-8-14(18)9-15(19)17(13)21/h3-9,11,16,20-21H,10H2,1-2H3. The summed E-state index contributed by atoms with van der Waals surface area (Å²) in [6.07, 6.45) is 0. The zero-order chi connectivity index (χ0) is 15.4. The van der Waals surface area contributed by atoms with Gasteiger partial charge in [-0.1, -0.05) is 67.4 Å². The van der Waals surface area contributed by atoms with Crippen molar-refractivity contribution < 1.29 is 5.11 Å². The van der Waals surface area contributed by atoms with E-state index in [1.54, 1.807) is 12.1 Å². The maximum absolute atomic E-state index is 10.0. The van der Waals surface area contributed by atoms with Crippen LogP contribution in [0.25, 0.3) is 0 Å². The summed E-state index contributed by atoms with van der Waals surface area (Å²) in [7, 11) is 0. The van der Waals surface area contributed by atoms with Crippen molar-refractivity contribution in [1.82, 2.24) is 5.32 Å². The van der Waals surface area contributed by atoms with Crippen molar-refractivity contribution >= 4 is 23.2 Å². The quantitative estimate of drug-likeness (QED) is 0.794. The average Bonchev–Trinajstić information content (AvgIpc) is 2.45. The first-order valence-corrected chi connectivity index (χ1v) is 7.70. The normalized spacial score (nSPS) is 12.6. The van der Waals surface area contributed by atoms with Crippen LogP contribution >= 0.6 is 23.2 Å². The molecule has 0 bridgehead atoms.